The predicted molar refractivity (Wildman–Crippen MR) is 154 cm³/mol. The van der Waals surface area contributed by atoms with Gasteiger partial charge in [0.15, 0.2) is 0 Å². The molecule has 1 aromatic heterocycles. The van der Waals surface area contributed by atoms with E-state index in [2.05, 4.69) is 89.5 Å². The highest BCUT2D eigenvalue weighted by Crippen LogP contribution is 2.35. The van der Waals surface area contributed by atoms with E-state index >= 15 is 0 Å². The fourth-order valence-corrected chi connectivity index (χ4v) is 5.25. The van der Waals surface area contributed by atoms with Crippen LogP contribution in [0.4, 0.5) is 0 Å². The highest BCUT2D eigenvalue weighted by Gasteiger charge is 2.13. The van der Waals surface area contributed by atoms with Crippen LogP contribution in [-0.4, -0.2) is 24.2 Å². The Balaban J connectivity index is 1.59. The van der Waals surface area contributed by atoms with Gasteiger partial charge in [0.25, 0.3) is 0 Å². The van der Waals surface area contributed by atoms with Crippen molar-refractivity contribution in [3.05, 3.63) is 96.1 Å². The van der Waals surface area contributed by atoms with E-state index in [0.717, 1.165) is 45.3 Å². The lowest BCUT2D eigenvalue weighted by molar-refractivity contribution is 0.758. The van der Waals surface area contributed by atoms with Crippen LogP contribution >= 0.6 is 0 Å². The van der Waals surface area contributed by atoms with Crippen LogP contribution in [0.2, 0.25) is 0 Å². The second-order valence-electron chi connectivity index (χ2n) is 9.59. The second-order valence-corrected chi connectivity index (χ2v) is 9.59. The van der Waals surface area contributed by atoms with Gasteiger partial charge in [-0.3, -0.25) is 0 Å². The first-order chi connectivity index (χ1) is 17.7. The summed E-state index contributed by atoms with van der Waals surface area (Å²) in [6, 6.07) is 31.3. The van der Waals surface area contributed by atoms with Crippen LogP contribution in [-0.2, 0) is 19.4 Å². The summed E-state index contributed by atoms with van der Waals surface area (Å²) in [5, 5.41) is 2.54. The molecule has 36 heavy (non-hydrogen) atoms. The third-order valence-electron chi connectivity index (χ3n) is 7.08. The van der Waals surface area contributed by atoms with Gasteiger partial charge in [0.05, 0.1) is 0 Å². The van der Waals surface area contributed by atoms with Crippen LogP contribution in [0.3, 0.4) is 0 Å². The Bertz CT molecular complexity index is 1370. The smallest absolute Gasteiger partial charge is 0.0498 e. The van der Waals surface area contributed by atoms with Gasteiger partial charge in [0.1, 0.15) is 0 Å². The van der Waals surface area contributed by atoms with Crippen LogP contribution in [0.15, 0.2) is 84.9 Å². The molecule has 0 saturated heterocycles. The van der Waals surface area contributed by atoms with Crippen molar-refractivity contribution in [2.75, 3.05) is 19.6 Å². The molecule has 1 heterocycles. The summed E-state index contributed by atoms with van der Waals surface area (Å²) < 4.78 is 2.38. The Morgan fingerprint density at radius 2 is 0.972 bits per heavy atom. The maximum Gasteiger partial charge on any atom is 0.0498 e. The number of benzene rings is 4. The molecule has 6 N–H and O–H groups in total. The summed E-state index contributed by atoms with van der Waals surface area (Å²) in [7, 11) is 0. The lowest BCUT2D eigenvalue weighted by Crippen LogP contribution is -2.09. The van der Waals surface area contributed by atoms with E-state index in [4.69, 9.17) is 17.2 Å². The number of nitrogens with two attached hydrogens (primary N) is 3. The molecule has 4 nitrogen and oxygen atoms in total. The summed E-state index contributed by atoms with van der Waals surface area (Å²) in [4.78, 5) is 0. The molecule has 5 aromatic rings. The minimum Gasteiger partial charge on any atom is -0.339 e. The Morgan fingerprint density at radius 1 is 0.500 bits per heavy atom. The average Bonchev–Trinajstić information content (AvgIpc) is 3.23. The predicted octanol–water partition coefficient (Wildman–Crippen LogP) is 5.87. The lowest BCUT2D eigenvalue weighted by atomic mass is 9.98. The lowest BCUT2D eigenvalue weighted by Gasteiger charge is -2.09. The molecular formula is C32H36N4. The summed E-state index contributed by atoms with van der Waals surface area (Å²) >= 11 is 0. The Morgan fingerprint density at radius 3 is 1.42 bits per heavy atom. The molecule has 0 spiro atoms. The molecule has 0 aliphatic carbocycles. The number of rotatable bonds is 10. The van der Waals surface area contributed by atoms with Crippen LogP contribution in [0.1, 0.15) is 24.0 Å². The van der Waals surface area contributed by atoms with E-state index in [0.29, 0.717) is 6.54 Å². The molecule has 4 heteroatoms. The van der Waals surface area contributed by atoms with Crippen LogP contribution < -0.4 is 17.2 Å². The number of hydrogen-bond donors (Lipinski definition) is 3. The van der Waals surface area contributed by atoms with Crippen molar-refractivity contribution < 1.29 is 0 Å². The Kier molecular flexibility index (Phi) is 7.47. The molecule has 0 unspecified atom stereocenters. The number of aryl methyl sites for hydroxylation is 2. The van der Waals surface area contributed by atoms with Crippen molar-refractivity contribution in [2.45, 2.75) is 32.2 Å². The van der Waals surface area contributed by atoms with Crippen molar-refractivity contribution in [1.82, 2.24) is 4.57 Å². The maximum absolute atomic E-state index is 6.09. The van der Waals surface area contributed by atoms with Crippen LogP contribution in [0.5, 0.6) is 0 Å². The van der Waals surface area contributed by atoms with Gasteiger partial charge in [-0.15, -0.1) is 0 Å². The number of nitrogens with zero attached hydrogens (tertiary/aromatic N) is 1. The summed E-state index contributed by atoms with van der Waals surface area (Å²) in [5.41, 5.74) is 27.6. The third-order valence-corrected chi connectivity index (χ3v) is 7.08. The van der Waals surface area contributed by atoms with Gasteiger partial charge in [0, 0.05) is 34.9 Å². The molecule has 5 rings (SSSR count). The summed E-state index contributed by atoms with van der Waals surface area (Å²) in [6.45, 7) is 2.81. The topological polar surface area (TPSA) is 83.0 Å². The van der Waals surface area contributed by atoms with E-state index in [1.807, 2.05) is 0 Å². The van der Waals surface area contributed by atoms with E-state index < -0.39 is 0 Å². The quantitative estimate of drug-likeness (QED) is 0.236. The molecule has 0 aliphatic heterocycles. The number of hydrogen-bond acceptors (Lipinski definition) is 3. The highest BCUT2D eigenvalue weighted by molar-refractivity contribution is 6.10. The SMILES string of the molecule is NCCCc1cccc(-c2ccc3c4ccc(-c5cccc(CCCN)c5)cc4n(CCN)c3c2)c1. The first-order valence-electron chi connectivity index (χ1n) is 13.1. The van der Waals surface area contributed by atoms with Crippen molar-refractivity contribution in [1.29, 1.82) is 0 Å². The minimum absolute atomic E-state index is 0.594. The monoisotopic (exact) mass is 476 g/mol. The van der Waals surface area contributed by atoms with Crippen molar-refractivity contribution in [2.24, 2.45) is 17.2 Å². The normalized spacial score (nSPS) is 11.5. The number of fused-ring (bicyclic) bond motifs is 3. The molecule has 0 bridgehead atoms. The van der Waals surface area contributed by atoms with E-state index in [1.54, 1.807) is 0 Å². The molecule has 184 valence electrons. The Hall–Kier alpha value is -3.44. The second kappa shape index (κ2) is 11.1. The van der Waals surface area contributed by atoms with E-state index in [-0.39, 0.29) is 0 Å². The van der Waals surface area contributed by atoms with Gasteiger partial charge < -0.3 is 21.8 Å². The molecule has 0 saturated carbocycles. The molecule has 0 amide bonds. The standard InChI is InChI=1S/C32H36N4/c33-15-3-7-23-5-1-9-25(19-23)27-11-13-29-30-14-12-28(22-32(30)36(18-17-35)31(29)21-27)26-10-2-6-24(20-26)8-4-16-34/h1-2,5-6,9-14,19-22H,3-4,7-8,15-18,33-35H2. The zero-order chi connectivity index (χ0) is 24.9. The fraction of sp³-hybridized carbons (Fsp3) is 0.250. The zero-order valence-corrected chi connectivity index (χ0v) is 20.9. The van der Waals surface area contributed by atoms with Crippen LogP contribution in [0.25, 0.3) is 44.1 Å². The van der Waals surface area contributed by atoms with Crippen LogP contribution in [0, 0.1) is 0 Å². The van der Waals surface area contributed by atoms with Crippen molar-refractivity contribution in [3.63, 3.8) is 0 Å². The van der Waals surface area contributed by atoms with Crippen molar-refractivity contribution in [3.8, 4) is 22.3 Å². The maximum atomic E-state index is 6.09. The first-order valence-corrected chi connectivity index (χ1v) is 13.1. The molecular weight excluding hydrogens is 440 g/mol. The average molecular weight is 477 g/mol. The van der Waals surface area contributed by atoms with Gasteiger partial charge >= 0.3 is 0 Å². The number of aromatic nitrogens is 1. The van der Waals surface area contributed by atoms with E-state index in [1.165, 1.54) is 55.2 Å². The Labute approximate surface area is 213 Å². The van der Waals surface area contributed by atoms with E-state index in [9.17, 15) is 0 Å². The van der Waals surface area contributed by atoms with Gasteiger partial charge in [-0.25, -0.2) is 0 Å². The molecule has 0 aliphatic rings. The molecule has 0 radical (unpaired) electrons. The highest BCUT2D eigenvalue weighted by atomic mass is 15.0. The molecule has 4 aromatic carbocycles. The van der Waals surface area contributed by atoms with Gasteiger partial charge in [-0.2, -0.15) is 0 Å². The first kappa shape index (κ1) is 24.3. The summed E-state index contributed by atoms with van der Waals surface area (Å²) in [6.07, 6.45) is 4.03. The fourth-order valence-electron chi connectivity index (χ4n) is 5.25. The van der Waals surface area contributed by atoms with Gasteiger partial charge in [0.2, 0.25) is 0 Å². The largest absolute Gasteiger partial charge is 0.339 e. The minimum atomic E-state index is 0.594. The van der Waals surface area contributed by atoms with Gasteiger partial charge in [-0.05, 0) is 84.3 Å². The zero-order valence-electron chi connectivity index (χ0n) is 20.9. The molecule has 0 fully saturated rings. The third kappa shape index (κ3) is 4.93. The molecule has 0 atom stereocenters. The summed E-state index contributed by atoms with van der Waals surface area (Å²) in [5.74, 6) is 0. The van der Waals surface area contributed by atoms with Crippen molar-refractivity contribution >= 4 is 21.8 Å². The van der Waals surface area contributed by atoms with Gasteiger partial charge in [-0.1, -0.05) is 72.8 Å².